The molecule has 0 radical (unpaired) electrons. The molecule has 5 heterocycles. The maximum absolute atomic E-state index is 14.4. The van der Waals surface area contributed by atoms with E-state index in [1.807, 2.05) is 17.7 Å². The van der Waals surface area contributed by atoms with Crippen LogP contribution in [0.1, 0.15) is 83.8 Å². The average molecular weight is 583 g/mol. The van der Waals surface area contributed by atoms with Crippen molar-refractivity contribution in [2.75, 3.05) is 24.7 Å². The number of amides is 3. The van der Waals surface area contributed by atoms with E-state index in [2.05, 4.69) is 21.4 Å². The minimum atomic E-state index is -0.862. The van der Waals surface area contributed by atoms with Gasteiger partial charge in [0.25, 0.3) is 17.7 Å². The summed E-state index contributed by atoms with van der Waals surface area (Å²) in [5, 5.41) is 18.0. The molecule has 12 heteroatoms. The zero-order chi connectivity index (χ0) is 29.4. The topological polar surface area (TPSA) is 149 Å². The number of rotatable bonds is 6. The summed E-state index contributed by atoms with van der Waals surface area (Å²) in [4.78, 5) is 53.4. The average Bonchev–Trinajstić information content (AvgIpc) is 3.88. The van der Waals surface area contributed by atoms with Crippen molar-refractivity contribution < 1.29 is 19.1 Å². The summed E-state index contributed by atoms with van der Waals surface area (Å²) in [6.45, 7) is 3.44. The van der Waals surface area contributed by atoms with Crippen molar-refractivity contribution >= 4 is 34.6 Å². The maximum atomic E-state index is 14.4. The van der Waals surface area contributed by atoms with Gasteiger partial charge in [-0.2, -0.15) is 10.4 Å². The van der Waals surface area contributed by atoms with Crippen molar-refractivity contribution in [2.24, 2.45) is 11.8 Å². The fourth-order valence-electron chi connectivity index (χ4n) is 7.72. The number of benzene rings is 1. The number of piperidine rings is 1. The number of ether oxygens (including phenoxy) is 1. The molecule has 0 bridgehead atoms. The first kappa shape index (κ1) is 26.4. The highest BCUT2D eigenvalue weighted by molar-refractivity contribution is 6.09. The summed E-state index contributed by atoms with van der Waals surface area (Å²) in [6.07, 6.45) is 6.40. The number of hydrogen-bond donors (Lipinski definition) is 2. The Labute approximate surface area is 248 Å². The molecule has 2 saturated heterocycles. The van der Waals surface area contributed by atoms with Gasteiger partial charge >= 0.3 is 0 Å². The summed E-state index contributed by atoms with van der Waals surface area (Å²) in [6, 6.07) is 6.39. The van der Waals surface area contributed by atoms with Crippen LogP contribution in [0.5, 0.6) is 0 Å². The van der Waals surface area contributed by atoms with Crippen molar-refractivity contribution in [3.63, 3.8) is 0 Å². The molecule has 2 N–H and O–H groups in total. The Morgan fingerprint density at radius 2 is 1.98 bits per heavy atom. The number of anilines is 1. The summed E-state index contributed by atoms with van der Waals surface area (Å²) in [5.74, 6) is -0.0485. The predicted molar refractivity (Wildman–Crippen MR) is 154 cm³/mol. The monoisotopic (exact) mass is 582 g/mol. The Bertz CT molecular complexity index is 1680. The van der Waals surface area contributed by atoms with Gasteiger partial charge < -0.3 is 19.9 Å². The molecule has 43 heavy (non-hydrogen) atoms. The number of aromatic amines is 1. The highest BCUT2D eigenvalue weighted by Crippen LogP contribution is 2.53. The number of fused-ring (bicyclic) bond motifs is 3. The molecular weight excluding hydrogens is 548 g/mol. The maximum Gasteiger partial charge on any atom is 0.276 e. The number of likely N-dealkylation sites (tertiary alicyclic amines) is 1. The van der Waals surface area contributed by atoms with E-state index in [-0.39, 0.29) is 35.7 Å². The lowest BCUT2D eigenvalue weighted by molar-refractivity contribution is -0.121. The summed E-state index contributed by atoms with van der Waals surface area (Å²) in [5.41, 5.74) is 2.73. The van der Waals surface area contributed by atoms with Gasteiger partial charge in [0.1, 0.15) is 23.4 Å². The predicted octanol–water partition coefficient (Wildman–Crippen LogP) is 2.90. The number of carbonyl (C=O) groups excluding carboxylic acids is 3. The first-order valence-electron chi connectivity index (χ1n) is 15.5. The van der Waals surface area contributed by atoms with Gasteiger partial charge in [-0.25, -0.2) is 9.67 Å². The number of aromatic nitrogens is 4. The van der Waals surface area contributed by atoms with E-state index in [1.165, 1.54) is 0 Å². The molecule has 5 unspecified atom stereocenters. The second kappa shape index (κ2) is 9.91. The lowest BCUT2D eigenvalue weighted by Gasteiger charge is -2.39. The van der Waals surface area contributed by atoms with Gasteiger partial charge in [0.05, 0.1) is 29.5 Å². The van der Waals surface area contributed by atoms with Crippen LogP contribution in [0.4, 0.5) is 5.82 Å². The number of nitrogens with zero attached hydrogens (tertiary/aromatic N) is 6. The molecular formula is C31H34N8O4. The lowest BCUT2D eigenvalue weighted by Crippen LogP contribution is -2.56. The Morgan fingerprint density at radius 3 is 2.72 bits per heavy atom. The highest BCUT2D eigenvalue weighted by atomic mass is 16.5. The molecule has 0 spiro atoms. The SMILES string of the molecule is CCN1C(=O)C(NC(=O)c2cccc3[nH]cnc23)C(C2CC2)c2c(C(=O)N3C(C#N)CC4CC43)nn(C3CCOCC3)c21. The van der Waals surface area contributed by atoms with Crippen molar-refractivity contribution in [3.8, 4) is 6.07 Å². The number of imidazole rings is 1. The molecule has 2 saturated carbocycles. The Morgan fingerprint density at radius 1 is 1.16 bits per heavy atom. The fourth-order valence-corrected chi connectivity index (χ4v) is 7.72. The number of hydrogen-bond acceptors (Lipinski definition) is 7. The number of H-pyrrole nitrogens is 1. The Kier molecular flexibility index (Phi) is 6.08. The zero-order valence-corrected chi connectivity index (χ0v) is 24.0. The van der Waals surface area contributed by atoms with Crippen molar-refractivity contribution in [3.05, 3.63) is 41.3 Å². The van der Waals surface area contributed by atoms with Crippen LogP contribution >= 0.6 is 0 Å². The standard InChI is InChI=1S/C31H34N8O4/c1-2-37-29-24(23(16-6-7-16)26(30(37)41)35-28(40)20-4-3-5-21-25(20)34-15-33-21)27(36-39(29)18-8-10-43-11-9-18)31(42)38-19(14-32)12-17-13-22(17)38/h3-5,15-19,22-23,26H,2,6-13H2,1H3,(H,33,34)(H,35,40). The number of para-hydroxylation sites is 1. The molecule has 4 fully saturated rings. The van der Waals surface area contributed by atoms with Gasteiger partial charge in [-0.05, 0) is 69.4 Å². The highest BCUT2D eigenvalue weighted by Gasteiger charge is 2.57. The molecule has 1 aromatic carbocycles. The Balaban J connectivity index is 1.25. The smallest absolute Gasteiger partial charge is 0.276 e. The van der Waals surface area contributed by atoms with Gasteiger partial charge in [-0.15, -0.1) is 0 Å². The van der Waals surface area contributed by atoms with E-state index in [4.69, 9.17) is 9.84 Å². The number of carbonyl (C=O) groups is 3. The molecule has 8 rings (SSSR count). The van der Waals surface area contributed by atoms with E-state index in [0.717, 1.165) is 43.2 Å². The molecule has 3 amide bonds. The second-order valence-electron chi connectivity index (χ2n) is 12.5. The van der Waals surface area contributed by atoms with E-state index in [9.17, 15) is 19.6 Å². The zero-order valence-electron chi connectivity index (χ0n) is 24.0. The molecule has 3 aromatic rings. The fraction of sp³-hybridized carbons (Fsp3) is 0.548. The van der Waals surface area contributed by atoms with E-state index in [0.29, 0.717) is 54.7 Å². The van der Waals surface area contributed by atoms with Crippen molar-refractivity contribution in [1.82, 2.24) is 30.0 Å². The van der Waals surface area contributed by atoms with Gasteiger partial charge in [-0.3, -0.25) is 19.3 Å². The quantitative estimate of drug-likeness (QED) is 0.454. The molecule has 5 atom stereocenters. The van der Waals surface area contributed by atoms with Crippen LogP contribution in [-0.2, 0) is 9.53 Å². The van der Waals surface area contributed by atoms with Crippen LogP contribution in [0.25, 0.3) is 11.0 Å². The minimum absolute atomic E-state index is 0.0202. The second-order valence-corrected chi connectivity index (χ2v) is 12.5. The summed E-state index contributed by atoms with van der Waals surface area (Å²) in [7, 11) is 0. The number of nitriles is 1. The molecule has 2 aromatic heterocycles. The van der Waals surface area contributed by atoms with Gasteiger partial charge in [0, 0.05) is 37.3 Å². The van der Waals surface area contributed by atoms with Gasteiger partial charge in [0.2, 0.25) is 0 Å². The molecule has 5 aliphatic rings. The van der Waals surface area contributed by atoms with Crippen LogP contribution in [0, 0.1) is 23.2 Å². The van der Waals surface area contributed by atoms with Crippen LogP contribution in [-0.4, -0.2) is 80.3 Å². The normalized spacial score (nSPS) is 28.5. The third-order valence-electron chi connectivity index (χ3n) is 10.1. The van der Waals surface area contributed by atoms with Crippen molar-refractivity contribution in [1.29, 1.82) is 5.26 Å². The minimum Gasteiger partial charge on any atom is -0.381 e. The number of nitrogens with one attached hydrogen (secondary N) is 2. The van der Waals surface area contributed by atoms with E-state index >= 15 is 0 Å². The van der Waals surface area contributed by atoms with Crippen LogP contribution in [0.15, 0.2) is 24.5 Å². The Hall–Kier alpha value is -4.24. The molecule has 2 aliphatic carbocycles. The first-order valence-corrected chi connectivity index (χ1v) is 15.5. The number of likely N-dealkylation sites (N-methyl/N-ethyl adjacent to an activating group) is 1. The van der Waals surface area contributed by atoms with Crippen LogP contribution in [0.2, 0.25) is 0 Å². The third-order valence-corrected chi connectivity index (χ3v) is 10.1. The van der Waals surface area contributed by atoms with Crippen LogP contribution < -0.4 is 10.2 Å². The largest absolute Gasteiger partial charge is 0.381 e. The van der Waals surface area contributed by atoms with Gasteiger partial charge in [-0.1, -0.05) is 6.07 Å². The first-order chi connectivity index (χ1) is 21.0. The van der Waals surface area contributed by atoms with Crippen molar-refractivity contribution in [2.45, 2.75) is 75.5 Å². The summed E-state index contributed by atoms with van der Waals surface area (Å²) >= 11 is 0. The van der Waals surface area contributed by atoms with E-state index < -0.39 is 18.0 Å². The molecule has 12 nitrogen and oxygen atoms in total. The summed E-state index contributed by atoms with van der Waals surface area (Å²) < 4.78 is 7.53. The van der Waals surface area contributed by atoms with E-state index in [1.54, 1.807) is 28.3 Å². The molecule has 222 valence electrons. The lowest BCUT2D eigenvalue weighted by atomic mass is 9.82. The third kappa shape index (κ3) is 4.08. The van der Waals surface area contributed by atoms with Crippen LogP contribution in [0.3, 0.4) is 0 Å². The van der Waals surface area contributed by atoms with Gasteiger partial charge in [0.15, 0.2) is 5.69 Å². The molecule has 3 aliphatic heterocycles.